The maximum absolute atomic E-state index is 12.3. The highest BCUT2D eigenvalue weighted by molar-refractivity contribution is 7.92. The molecular weight excluding hydrogens is 276 g/mol. The van der Waals surface area contributed by atoms with Gasteiger partial charge in [-0.2, -0.15) is 0 Å². The van der Waals surface area contributed by atoms with E-state index in [-0.39, 0.29) is 16.9 Å². The molecule has 1 aromatic carbocycles. The molecule has 0 aliphatic carbocycles. The Morgan fingerprint density at radius 2 is 1.90 bits per heavy atom. The van der Waals surface area contributed by atoms with Crippen LogP contribution in [0.25, 0.3) is 0 Å². The van der Waals surface area contributed by atoms with Crippen LogP contribution in [-0.2, 0) is 14.6 Å². The lowest BCUT2D eigenvalue weighted by Crippen LogP contribution is -2.39. The van der Waals surface area contributed by atoms with Gasteiger partial charge in [0.25, 0.3) is 0 Å². The van der Waals surface area contributed by atoms with E-state index in [9.17, 15) is 13.2 Å². The molecule has 112 valence electrons. The third-order valence-corrected chi connectivity index (χ3v) is 5.01. The summed E-state index contributed by atoms with van der Waals surface area (Å²) in [5.41, 5.74) is 6.56. The molecule has 0 fully saturated rings. The van der Waals surface area contributed by atoms with E-state index in [1.54, 1.807) is 19.1 Å². The monoisotopic (exact) mass is 298 g/mol. The number of rotatable bonds is 5. The molecular formula is C14H22N2O3S. The van der Waals surface area contributed by atoms with Crippen molar-refractivity contribution in [2.75, 3.05) is 11.5 Å². The molecule has 6 heteroatoms. The second kappa shape index (κ2) is 6.26. The fourth-order valence-electron chi connectivity index (χ4n) is 1.66. The van der Waals surface area contributed by atoms with Crippen LogP contribution < -0.4 is 11.1 Å². The minimum Gasteiger partial charge on any atom is -0.399 e. The third-order valence-electron chi connectivity index (χ3n) is 3.26. The fraction of sp³-hybridized carbons (Fsp3) is 0.500. The van der Waals surface area contributed by atoms with Gasteiger partial charge in [-0.15, -0.1) is 0 Å². The van der Waals surface area contributed by atoms with Gasteiger partial charge in [0.15, 0.2) is 9.84 Å². The molecule has 0 heterocycles. The van der Waals surface area contributed by atoms with Gasteiger partial charge in [0, 0.05) is 11.7 Å². The first-order chi connectivity index (χ1) is 9.13. The van der Waals surface area contributed by atoms with Crippen molar-refractivity contribution in [3.05, 3.63) is 23.8 Å². The zero-order chi connectivity index (χ0) is 15.5. The predicted molar refractivity (Wildman–Crippen MR) is 80.1 cm³/mol. The maximum atomic E-state index is 12.3. The van der Waals surface area contributed by atoms with Gasteiger partial charge in [-0.3, -0.25) is 4.79 Å². The van der Waals surface area contributed by atoms with Crippen molar-refractivity contribution in [2.45, 2.75) is 38.6 Å². The highest BCUT2D eigenvalue weighted by Gasteiger charge is 2.22. The van der Waals surface area contributed by atoms with Gasteiger partial charge in [-0.05, 0) is 37.5 Å². The second-order valence-corrected chi connectivity index (χ2v) is 7.34. The van der Waals surface area contributed by atoms with Crippen LogP contribution in [0.4, 0.5) is 5.69 Å². The Hall–Kier alpha value is -1.56. The molecule has 0 saturated heterocycles. The van der Waals surface area contributed by atoms with E-state index in [1.165, 1.54) is 6.07 Å². The van der Waals surface area contributed by atoms with Crippen molar-refractivity contribution in [3.63, 3.8) is 0 Å². The molecule has 1 atom stereocenters. The minimum absolute atomic E-state index is 0.0698. The number of nitrogen functional groups attached to an aromatic ring is 1. The summed E-state index contributed by atoms with van der Waals surface area (Å²) in [7, 11) is -3.68. The lowest BCUT2D eigenvalue weighted by Gasteiger charge is -2.17. The van der Waals surface area contributed by atoms with E-state index in [0.29, 0.717) is 11.3 Å². The van der Waals surface area contributed by atoms with Gasteiger partial charge in [0.1, 0.15) is 5.75 Å². The predicted octanol–water partition coefficient (Wildman–Crippen LogP) is 1.51. The summed E-state index contributed by atoms with van der Waals surface area (Å²) in [4.78, 5) is 11.9. The lowest BCUT2D eigenvalue weighted by molar-refractivity contribution is -0.119. The highest BCUT2D eigenvalue weighted by Crippen LogP contribution is 2.19. The van der Waals surface area contributed by atoms with E-state index in [1.807, 2.05) is 20.8 Å². The summed E-state index contributed by atoms with van der Waals surface area (Å²) in [6.07, 6.45) is 0. The molecule has 0 aromatic heterocycles. The molecule has 1 amide bonds. The zero-order valence-electron chi connectivity index (χ0n) is 12.3. The van der Waals surface area contributed by atoms with Crippen molar-refractivity contribution >= 4 is 21.4 Å². The van der Waals surface area contributed by atoms with Gasteiger partial charge in [0.2, 0.25) is 5.91 Å². The van der Waals surface area contributed by atoms with Crippen molar-refractivity contribution in [3.8, 4) is 0 Å². The molecule has 0 radical (unpaired) electrons. The standard InChI is InChI=1S/C14H22N2O3S/c1-9(2)11(4)16-14(17)8-20(18,19)13-7-12(15)6-5-10(13)3/h5-7,9,11H,8,15H2,1-4H3,(H,16,17). The Labute approximate surface area is 120 Å². The van der Waals surface area contributed by atoms with Crippen LogP contribution in [0.1, 0.15) is 26.3 Å². The largest absolute Gasteiger partial charge is 0.399 e. The SMILES string of the molecule is Cc1ccc(N)cc1S(=O)(=O)CC(=O)NC(C)C(C)C. The molecule has 0 saturated carbocycles. The normalized spacial score (nSPS) is 13.2. The number of sulfone groups is 1. The van der Waals surface area contributed by atoms with Gasteiger partial charge in [-0.25, -0.2) is 8.42 Å². The summed E-state index contributed by atoms with van der Waals surface area (Å²) >= 11 is 0. The number of amides is 1. The van der Waals surface area contributed by atoms with Crippen LogP contribution in [-0.4, -0.2) is 26.1 Å². The number of hydrogen-bond donors (Lipinski definition) is 2. The lowest BCUT2D eigenvalue weighted by atomic mass is 10.1. The van der Waals surface area contributed by atoms with E-state index in [2.05, 4.69) is 5.32 Å². The van der Waals surface area contributed by atoms with Gasteiger partial charge in [0.05, 0.1) is 4.90 Å². The number of nitrogens with two attached hydrogens (primary N) is 1. The maximum Gasteiger partial charge on any atom is 0.235 e. The van der Waals surface area contributed by atoms with Gasteiger partial charge >= 0.3 is 0 Å². The van der Waals surface area contributed by atoms with Crippen molar-refractivity contribution in [1.29, 1.82) is 0 Å². The molecule has 0 bridgehead atoms. The number of carbonyl (C=O) groups is 1. The average Bonchev–Trinajstić information content (AvgIpc) is 2.31. The number of benzene rings is 1. The Morgan fingerprint density at radius 1 is 1.30 bits per heavy atom. The smallest absolute Gasteiger partial charge is 0.235 e. The first-order valence-electron chi connectivity index (χ1n) is 6.51. The first kappa shape index (κ1) is 16.5. The molecule has 0 aliphatic rings. The van der Waals surface area contributed by atoms with Crippen molar-refractivity contribution < 1.29 is 13.2 Å². The highest BCUT2D eigenvalue weighted by atomic mass is 32.2. The van der Waals surface area contributed by atoms with Crippen LogP contribution in [0, 0.1) is 12.8 Å². The Morgan fingerprint density at radius 3 is 2.45 bits per heavy atom. The number of anilines is 1. The molecule has 0 spiro atoms. The number of carbonyl (C=O) groups excluding carboxylic acids is 1. The molecule has 1 unspecified atom stereocenters. The summed E-state index contributed by atoms with van der Waals surface area (Å²) in [6.45, 7) is 7.45. The van der Waals surface area contributed by atoms with Crippen LogP contribution in [0.2, 0.25) is 0 Å². The Bertz CT molecular complexity index is 594. The summed E-state index contributed by atoms with van der Waals surface area (Å²) < 4.78 is 24.5. The Kier molecular flexibility index (Phi) is 5.16. The number of hydrogen-bond acceptors (Lipinski definition) is 4. The molecule has 5 nitrogen and oxygen atoms in total. The minimum atomic E-state index is -3.68. The Balaban J connectivity index is 2.90. The van der Waals surface area contributed by atoms with Gasteiger partial charge in [-0.1, -0.05) is 19.9 Å². The summed E-state index contributed by atoms with van der Waals surface area (Å²) in [6, 6.07) is 4.59. The third kappa shape index (κ3) is 4.23. The van der Waals surface area contributed by atoms with E-state index in [0.717, 1.165) is 0 Å². The molecule has 20 heavy (non-hydrogen) atoms. The van der Waals surface area contributed by atoms with E-state index >= 15 is 0 Å². The molecule has 3 N–H and O–H groups in total. The molecule has 1 rings (SSSR count). The van der Waals surface area contributed by atoms with Crippen LogP contribution in [0.5, 0.6) is 0 Å². The van der Waals surface area contributed by atoms with E-state index in [4.69, 9.17) is 5.73 Å². The molecule has 1 aromatic rings. The summed E-state index contributed by atoms with van der Waals surface area (Å²) in [5, 5.41) is 2.69. The van der Waals surface area contributed by atoms with Crippen molar-refractivity contribution in [2.24, 2.45) is 5.92 Å². The van der Waals surface area contributed by atoms with Crippen LogP contribution in [0.15, 0.2) is 23.1 Å². The number of nitrogens with one attached hydrogen (secondary N) is 1. The van der Waals surface area contributed by atoms with Crippen LogP contribution >= 0.6 is 0 Å². The van der Waals surface area contributed by atoms with Gasteiger partial charge < -0.3 is 11.1 Å². The van der Waals surface area contributed by atoms with Crippen molar-refractivity contribution in [1.82, 2.24) is 5.32 Å². The fourth-order valence-corrected chi connectivity index (χ4v) is 3.12. The quantitative estimate of drug-likeness (QED) is 0.806. The summed E-state index contributed by atoms with van der Waals surface area (Å²) in [5.74, 6) is -0.808. The first-order valence-corrected chi connectivity index (χ1v) is 8.17. The topological polar surface area (TPSA) is 89.3 Å². The van der Waals surface area contributed by atoms with Crippen LogP contribution in [0.3, 0.4) is 0 Å². The molecule has 0 aliphatic heterocycles. The number of aryl methyl sites for hydroxylation is 1. The zero-order valence-corrected chi connectivity index (χ0v) is 13.1. The van der Waals surface area contributed by atoms with E-state index < -0.39 is 21.5 Å². The second-order valence-electron chi connectivity index (χ2n) is 5.38. The average molecular weight is 298 g/mol.